The van der Waals surface area contributed by atoms with Gasteiger partial charge in [-0.25, -0.2) is 0 Å². The molecule has 0 aliphatic carbocycles. The molecule has 3 aromatic rings. The molecule has 0 aromatic heterocycles. The molecule has 0 unspecified atom stereocenters. The molecule has 0 atom stereocenters. The SMILES string of the molecule is C\C=C/C(=C\C=C\Nc1cccc2ccccc12)c1ccccc1. The van der Waals surface area contributed by atoms with Crippen molar-refractivity contribution in [3.63, 3.8) is 0 Å². The van der Waals surface area contributed by atoms with E-state index < -0.39 is 0 Å². The van der Waals surface area contributed by atoms with E-state index in [-0.39, 0.29) is 0 Å². The number of hydrogen-bond acceptors (Lipinski definition) is 1. The van der Waals surface area contributed by atoms with E-state index in [0.717, 1.165) is 5.69 Å². The molecule has 3 rings (SSSR count). The molecule has 1 nitrogen and oxygen atoms in total. The second kappa shape index (κ2) is 7.98. The minimum absolute atomic E-state index is 1.12. The van der Waals surface area contributed by atoms with E-state index in [1.54, 1.807) is 0 Å². The lowest BCUT2D eigenvalue weighted by Gasteiger charge is -2.05. The van der Waals surface area contributed by atoms with E-state index in [1.165, 1.54) is 21.9 Å². The van der Waals surface area contributed by atoms with Crippen LogP contribution in [0.2, 0.25) is 0 Å². The van der Waals surface area contributed by atoms with Gasteiger partial charge in [0.25, 0.3) is 0 Å². The maximum Gasteiger partial charge on any atom is 0.0459 e. The van der Waals surface area contributed by atoms with Crippen LogP contribution in [0, 0.1) is 0 Å². The van der Waals surface area contributed by atoms with Crippen LogP contribution in [0.25, 0.3) is 16.3 Å². The zero-order valence-corrected chi connectivity index (χ0v) is 13.8. The Hall–Kier alpha value is -3.06. The Bertz CT molecular complexity index is 881. The van der Waals surface area contributed by atoms with Crippen molar-refractivity contribution < 1.29 is 0 Å². The summed E-state index contributed by atoms with van der Waals surface area (Å²) in [5.41, 5.74) is 3.52. The van der Waals surface area contributed by atoms with Crippen molar-refractivity contribution in [2.45, 2.75) is 6.92 Å². The van der Waals surface area contributed by atoms with E-state index >= 15 is 0 Å². The number of rotatable bonds is 5. The second-order valence-corrected chi connectivity index (χ2v) is 5.52. The first-order valence-corrected chi connectivity index (χ1v) is 8.18. The van der Waals surface area contributed by atoms with E-state index in [2.05, 4.69) is 90.3 Å². The van der Waals surface area contributed by atoms with Crippen molar-refractivity contribution >= 4 is 22.0 Å². The normalized spacial score (nSPS) is 12.3. The molecule has 0 aliphatic heterocycles. The predicted molar refractivity (Wildman–Crippen MR) is 106 cm³/mol. The van der Waals surface area contributed by atoms with Crippen molar-refractivity contribution in [3.8, 4) is 0 Å². The summed E-state index contributed by atoms with van der Waals surface area (Å²) in [5, 5.41) is 5.86. The zero-order chi connectivity index (χ0) is 16.6. The van der Waals surface area contributed by atoms with E-state index in [9.17, 15) is 0 Å². The molecule has 0 aliphatic rings. The van der Waals surface area contributed by atoms with Gasteiger partial charge in [0, 0.05) is 17.3 Å². The summed E-state index contributed by atoms with van der Waals surface area (Å²) < 4.78 is 0. The summed E-state index contributed by atoms with van der Waals surface area (Å²) in [6, 6.07) is 25.1. The highest BCUT2D eigenvalue weighted by atomic mass is 14.8. The monoisotopic (exact) mass is 311 g/mol. The molecule has 0 bridgehead atoms. The summed E-state index contributed by atoms with van der Waals surface area (Å²) in [7, 11) is 0. The van der Waals surface area contributed by atoms with Gasteiger partial charge in [0.05, 0.1) is 0 Å². The molecule has 1 N–H and O–H groups in total. The molecule has 118 valence electrons. The Kier molecular flexibility index (Phi) is 5.26. The van der Waals surface area contributed by atoms with Crippen LogP contribution in [0.3, 0.4) is 0 Å². The van der Waals surface area contributed by atoms with Gasteiger partial charge in [-0.1, -0.05) is 85.0 Å². The lowest BCUT2D eigenvalue weighted by atomic mass is 10.1. The van der Waals surface area contributed by atoms with Crippen LogP contribution in [0.1, 0.15) is 12.5 Å². The Morgan fingerprint density at radius 1 is 0.833 bits per heavy atom. The van der Waals surface area contributed by atoms with Gasteiger partial charge >= 0.3 is 0 Å². The Morgan fingerprint density at radius 3 is 2.42 bits per heavy atom. The largest absolute Gasteiger partial charge is 0.361 e. The van der Waals surface area contributed by atoms with Crippen molar-refractivity contribution in [3.05, 3.63) is 109 Å². The third-order valence-corrected chi connectivity index (χ3v) is 3.85. The van der Waals surface area contributed by atoms with Crippen LogP contribution in [0.15, 0.2) is 103 Å². The van der Waals surface area contributed by atoms with Crippen LogP contribution in [0.5, 0.6) is 0 Å². The summed E-state index contributed by atoms with van der Waals surface area (Å²) >= 11 is 0. The molecule has 0 heterocycles. The third kappa shape index (κ3) is 3.82. The lowest BCUT2D eigenvalue weighted by Crippen LogP contribution is -1.88. The molecule has 0 saturated heterocycles. The maximum atomic E-state index is 3.39. The summed E-state index contributed by atoms with van der Waals surface area (Å²) in [5.74, 6) is 0. The Labute approximate surface area is 143 Å². The molecular formula is C23H21N. The number of hydrogen-bond donors (Lipinski definition) is 1. The molecule has 1 heteroatoms. The second-order valence-electron chi connectivity index (χ2n) is 5.52. The summed E-state index contributed by atoms with van der Waals surface area (Å²) in [4.78, 5) is 0. The number of nitrogens with one attached hydrogen (secondary N) is 1. The fraction of sp³-hybridized carbons (Fsp3) is 0.0435. The first-order chi connectivity index (χ1) is 11.9. The molecule has 0 saturated carbocycles. The van der Waals surface area contributed by atoms with Crippen LogP contribution >= 0.6 is 0 Å². The molecule has 0 amide bonds. The first kappa shape index (κ1) is 15.8. The van der Waals surface area contributed by atoms with Crippen molar-refractivity contribution in [2.24, 2.45) is 0 Å². The maximum absolute atomic E-state index is 3.39. The average molecular weight is 311 g/mol. The van der Waals surface area contributed by atoms with Crippen LogP contribution in [-0.4, -0.2) is 0 Å². The van der Waals surface area contributed by atoms with E-state index in [0.29, 0.717) is 0 Å². The van der Waals surface area contributed by atoms with Gasteiger partial charge in [-0.15, -0.1) is 0 Å². The predicted octanol–water partition coefficient (Wildman–Crippen LogP) is 6.43. The molecule has 0 spiro atoms. The standard InChI is InChI=1S/C23H21N/c1-2-10-19(20-11-4-3-5-12-20)15-9-18-24-23-17-8-14-21-13-6-7-16-22(21)23/h2-18,24H,1H3/b10-2-,18-9+,19-15+. The highest BCUT2D eigenvalue weighted by molar-refractivity contribution is 5.94. The number of anilines is 1. The topological polar surface area (TPSA) is 12.0 Å². The fourth-order valence-electron chi connectivity index (χ4n) is 2.70. The highest BCUT2D eigenvalue weighted by Gasteiger charge is 1.97. The number of fused-ring (bicyclic) bond motifs is 1. The fourth-order valence-corrected chi connectivity index (χ4v) is 2.70. The lowest BCUT2D eigenvalue weighted by molar-refractivity contribution is 1.59. The number of benzene rings is 3. The minimum Gasteiger partial charge on any atom is -0.361 e. The van der Waals surface area contributed by atoms with Crippen molar-refractivity contribution in [1.82, 2.24) is 0 Å². The average Bonchev–Trinajstić information content (AvgIpc) is 2.65. The van der Waals surface area contributed by atoms with Crippen LogP contribution in [-0.2, 0) is 0 Å². The van der Waals surface area contributed by atoms with Crippen LogP contribution in [0.4, 0.5) is 5.69 Å². The van der Waals surface area contributed by atoms with Gasteiger partial charge in [-0.05, 0) is 35.6 Å². The molecule has 3 aromatic carbocycles. The third-order valence-electron chi connectivity index (χ3n) is 3.85. The first-order valence-electron chi connectivity index (χ1n) is 8.18. The smallest absolute Gasteiger partial charge is 0.0459 e. The molecular weight excluding hydrogens is 290 g/mol. The Balaban J connectivity index is 1.79. The van der Waals surface area contributed by atoms with Gasteiger partial charge in [0.2, 0.25) is 0 Å². The Morgan fingerprint density at radius 2 is 1.58 bits per heavy atom. The molecule has 0 fully saturated rings. The van der Waals surface area contributed by atoms with Gasteiger partial charge in [-0.3, -0.25) is 0 Å². The van der Waals surface area contributed by atoms with E-state index in [1.807, 2.05) is 25.3 Å². The highest BCUT2D eigenvalue weighted by Crippen LogP contribution is 2.23. The van der Waals surface area contributed by atoms with Gasteiger partial charge < -0.3 is 5.32 Å². The van der Waals surface area contributed by atoms with Gasteiger partial charge in [0.1, 0.15) is 0 Å². The van der Waals surface area contributed by atoms with Gasteiger partial charge in [0.15, 0.2) is 0 Å². The quantitative estimate of drug-likeness (QED) is 0.536. The number of allylic oxidation sites excluding steroid dienone is 5. The summed E-state index contributed by atoms with van der Waals surface area (Å²) in [6.07, 6.45) is 10.3. The molecule has 24 heavy (non-hydrogen) atoms. The van der Waals surface area contributed by atoms with Crippen molar-refractivity contribution in [2.75, 3.05) is 5.32 Å². The summed E-state index contributed by atoms with van der Waals surface area (Å²) in [6.45, 7) is 2.04. The minimum atomic E-state index is 1.12. The van der Waals surface area contributed by atoms with E-state index in [4.69, 9.17) is 0 Å². The zero-order valence-electron chi connectivity index (χ0n) is 13.8. The van der Waals surface area contributed by atoms with Crippen LogP contribution < -0.4 is 5.32 Å². The molecule has 0 radical (unpaired) electrons. The van der Waals surface area contributed by atoms with Gasteiger partial charge in [-0.2, -0.15) is 0 Å². The van der Waals surface area contributed by atoms with Crippen molar-refractivity contribution in [1.29, 1.82) is 0 Å².